The fourth-order valence-corrected chi connectivity index (χ4v) is 2.79. The smallest absolute Gasteiger partial charge is 0.409 e. The Kier molecular flexibility index (Phi) is 8.05. The van der Waals surface area contributed by atoms with E-state index in [0.29, 0.717) is 26.2 Å². The number of rotatable bonds is 6. The van der Waals surface area contributed by atoms with Crippen LogP contribution in [0.5, 0.6) is 5.75 Å². The minimum Gasteiger partial charge on any atom is -0.494 e. The fraction of sp³-hybridized carbons (Fsp3) is 0.579. The van der Waals surface area contributed by atoms with Gasteiger partial charge in [-0.2, -0.15) is 0 Å². The van der Waals surface area contributed by atoms with Crippen LogP contribution in [0.25, 0.3) is 0 Å². The van der Waals surface area contributed by atoms with Gasteiger partial charge in [-0.3, -0.25) is 4.99 Å². The topological polar surface area (TPSA) is 66.4 Å². The lowest BCUT2D eigenvalue weighted by Gasteiger charge is -2.35. The minimum absolute atomic E-state index is 0.237. The summed E-state index contributed by atoms with van der Waals surface area (Å²) < 4.78 is 10.7. The quantitative estimate of drug-likeness (QED) is 0.621. The summed E-state index contributed by atoms with van der Waals surface area (Å²) in [5.41, 5.74) is 1.14. The molecule has 1 amide bonds. The predicted octanol–water partition coefficient (Wildman–Crippen LogP) is 2.32. The van der Waals surface area contributed by atoms with E-state index < -0.39 is 0 Å². The molecule has 1 aliphatic rings. The van der Waals surface area contributed by atoms with Crippen molar-refractivity contribution < 1.29 is 14.3 Å². The molecule has 1 heterocycles. The Balaban J connectivity index is 1.84. The van der Waals surface area contributed by atoms with Gasteiger partial charge in [0.05, 0.1) is 13.2 Å². The second-order valence-corrected chi connectivity index (χ2v) is 6.07. The Morgan fingerprint density at radius 3 is 2.58 bits per heavy atom. The number of hydrogen-bond acceptors (Lipinski definition) is 4. The van der Waals surface area contributed by atoms with Gasteiger partial charge in [-0.15, -0.1) is 0 Å². The molecule has 0 saturated carbocycles. The highest BCUT2D eigenvalue weighted by molar-refractivity contribution is 5.80. The molecule has 7 nitrogen and oxygen atoms in total. The number of hydrogen-bond donors (Lipinski definition) is 1. The van der Waals surface area contributed by atoms with E-state index in [1.54, 1.807) is 11.9 Å². The zero-order valence-electron chi connectivity index (χ0n) is 16.0. The summed E-state index contributed by atoms with van der Waals surface area (Å²) >= 11 is 0. The van der Waals surface area contributed by atoms with Crippen LogP contribution >= 0.6 is 0 Å². The van der Waals surface area contributed by atoms with Crippen LogP contribution < -0.4 is 10.1 Å². The Morgan fingerprint density at radius 2 is 1.92 bits per heavy atom. The molecular weight excluding hydrogens is 332 g/mol. The number of carbonyl (C=O) groups is 1. The molecule has 0 unspecified atom stereocenters. The van der Waals surface area contributed by atoms with Crippen molar-refractivity contribution in [1.82, 2.24) is 15.1 Å². The maximum atomic E-state index is 11.8. The van der Waals surface area contributed by atoms with Gasteiger partial charge < -0.3 is 24.6 Å². The van der Waals surface area contributed by atoms with Gasteiger partial charge in [0.25, 0.3) is 0 Å². The zero-order chi connectivity index (χ0) is 18.8. The second-order valence-electron chi connectivity index (χ2n) is 6.07. The van der Waals surface area contributed by atoms with Gasteiger partial charge in [0, 0.05) is 39.8 Å². The van der Waals surface area contributed by atoms with E-state index in [0.717, 1.165) is 43.4 Å². The third-order valence-electron chi connectivity index (χ3n) is 4.14. The molecule has 2 rings (SSSR count). The van der Waals surface area contributed by atoms with E-state index in [1.807, 2.05) is 19.1 Å². The Hall–Kier alpha value is -2.44. The average molecular weight is 362 g/mol. The van der Waals surface area contributed by atoms with Crippen molar-refractivity contribution in [2.75, 3.05) is 46.4 Å². The van der Waals surface area contributed by atoms with Gasteiger partial charge in [-0.1, -0.05) is 19.1 Å². The molecule has 1 fully saturated rings. The summed E-state index contributed by atoms with van der Waals surface area (Å²) in [6.45, 7) is 8.47. The van der Waals surface area contributed by atoms with Crippen molar-refractivity contribution >= 4 is 12.1 Å². The number of nitrogens with zero attached hydrogens (tertiary/aromatic N) is 3. The normalized spacial score (nSPS) is 15.0. The zero-order valence-corrected chi connectivity index (χ0v) is 16.0. The largest absolute Gasteiger partial charge is 0.494 e. The van der Waals surface area contributed by atoms with Gasteiger partial charge in [-0.25, -0.2) is 4.79 Å². The van der Waals surface area contributed by atoms with Crippen molar-refractivity contribution in [3.8, 4) is 5.75 Å². The van der Waals surface area contributed by atoms with Gasteiger partial charge >= 0.3 is 6.09 Å². The number of nitrogens with one attached hydrogen (secondary N) is 1. The molecule has 1 aliphatic heterocycles. The van der Waals surface area contributed by atoms with E-state index in [2.05, 4.69) is 34.3 Å². The number of guanidine groups is 1. The first kappa shape index (κ1) is 19.9. The Morgan fingerprint density at radius 1 is 1.19 bits per heavy atom. The van der Waals surface area contributed by atoms with Crippen LogP contribution in [0.15, 0.2) is 29.3 Å². The van der Waals surface area contributed by atoms with Crippen LogP contribution in [0, 0.1) is 0 Å². The van der Waals surface area contributed by atoms with Crippen molar-refractivity contribution in [2.24, 2.45) is 4.99 Å². The van der Waals surface area contributed by atoms with Crippen molar-refractivity contribution in [3.05, 3.63) is 29.8 Å². The molecule has 1 aromatic carbocycles. The fourth-order valence-electron chi connectivity index (χ4n) is 2.79. The standard InChI is InChI=1S/C19H30N4O3/c1-4-13-26-17-8-6-7-16(14-17)15-21-18(20-3)22-9-11-23(12-10-22)19(24)25-5-2/h6-8,14H,4-5,9-13,15H2,1-3H3,(H,20,21). The summed E-state index contributed by atoms with van der Waals surface area (Å²) in [7, 11) is 1.78. The maximum absolute atomic E-state index is 11.8. The lowest BCUT2D eigenvalue weighted by atomic mass is 10.2. The molecule has 0 aromatic heterocycles. The number of aliphatic imine (C=N–C) groups is 1. The van der Waals surface area contributed by atoms with Gasteiger partial charge in [0.2, 0.25) is 0 Å². The summed E-state index contributed by atoms with van der Waals surface area (Å²) in [6, 6.07) is 8.10. The van der Waals surface area contributed by atoms with E-state index in [1.165, 1.54) is 0 Å². The summed E-state index contributed by atoms with van der Waals surface area (Å²) in [6.07, 6.45) is 0.756. The first-order valence-electron chi connectivity index (χ1n) is 9.27. The Bertz CT molecular complexity index is 598. The molecule has 26 heavy (non-hydrogen) atoms. The summed E-state index contributed by atoms with van der Waals surface area (Å²) in [4.78, 5) is 20.1. The highest BCUT2D eigenvalue weighted by Crippen LogP contribution is 2.13. The van der Waals surface area contributed by atoms with Crippen LogP contribution in [-0.4, -0.2) is 68.3 Å². The first-order valence-corrected chi connectivity index (χ1v) is 9.27. The third-order valence-corrected chi connectivity index (χ3v) is 4.14. The van der Waals surface area contributed by atoms with Crippen LogP contribution in [0.4, 0.5) is 4.79 Å². The lowest BCUT2D eigenvalue weighted by molar-refractivity contribution is 0.0914. The molecule has 0 radical (unpaired) electrons. The van der Waals surface area contributed by atoms with E-state index in [-0.39, 0.29) is 6.09 Å². The molecule has 0 bridgehead atoms. The van der Waals surface area contributed by atoms with Crippen LogP contribution in [0.1, 0.15) is 25.8 Å². The van der Waals surface area contributed by atoms with Crippen LogP contribution in [0.2, 0.25) is 0 Å². The number of carbonyl (C=O) groups excluding carboxylic acids is 1. The molecule has 144 valence electrons. The number of ether oxygens (including phenoxy) is 2. The highest BCUT2D eigenvalue weighted by Gasteiger charge is 2.23. The number of piperazine rings is 1. The molecular formula is C19H30N4O3. The Labute approximate surface area is 156 Å². The third kappa shape index (κ3) is 5.82. The number of amides is 1. The summed E-state index contributed by atoms with van der Waals surface area (Å²) in [5.74, 6) is 1.73. The minimum atomic E-state index is -0.237. The summed E-state index contributed by atoms with van der Waals surface area (Å²) in [5, 5.41) is 3.39. The molecule has 7 heteroatoms. The molecule has 0 aliphatic carbocycles. The lowest BCUT2D eigenvalue weighted by Crippen LogP contribution is -2.53. The molecule has 1 aromatic rings. The molecule has 1 saturated heterocycles. The van der Waals surface area contributed by atoms with Crippen molar-refractivity contribution in [3.63, 3.8) is 0 Å². The van der Waals surface area contributed by atoms with E-state index in [4.69, 9.17) is 9.47 Å². The number of benzene rings is 1. The van der Waals surface area contributed by atoms with Gasteiger partial charge in [0.15, 0.2) is 5.96 Å². The molecule has 0 spiro atoms. The molecule has 0 atom stereocenters. The first-order chi connectivity index (χ1) is 12.7. The van der Waals surface area contributed by atoms with E-state index in [9.17, 15) is 4.79 Å². The second kappa shape index (κ2) is 10.5. The van der Waals surface area contributed by atoms with Gasteiger partial charge in [-0.05, 0) is 31.0 Å². The van der Waals surface area contributed by atoms with Crippen LogP contribution in [-0.2, 0) is 11.3 Å². The highest BCUT2D eigenvalue weighted by atomic mass is 16.6. The SMILES string of the molecule is CCCOc1cccc(CNC(=NC)N2CCN(C(=O)OCC)CC2)c1. The van der Waals surface area contributed by atoms with E-state index >= 15 is 0 Å². The monoisotopic (exact) mass is 362 g/mol. The average Bonchev–Trinajstić information content (AvgIpc) is 2.68. The maximum Gasteiger partial charge on any atom is 0.409 e. The van der Waals surface area contributed by atoms with Crippen molar-refractivity contribution in [2.45, 2.75) is 26.8 Å². The molecule has 1 N–H and O–H groups in total. The van der Waals surface area contributed by atoms with Crippen molar-refractivity contribution in [1.29, 1.82) is 0 Å². The van der Waals surface area contributed by atoms with Gasteiger partial charge in [0.1, 0.15) is 5.75 Å². The van der Waals surface area contributed by atoms with Crippen LogP contribution in [0.3, 0.4) is 0 Å². The predicted molar refractivity (Wildman–Crippen MR) is 103 cm³/mol.